The summed E-state index contributed by atoms with van der Waals surface area (Å²) in [5, 5.41) is 5.06. The van der Waals surface area contributed by atoms with Gasteiger partial charge < -0.3 is 15.4 Å². The number of nitrogens with one attached hydrogen (secondary N) is 3. The first-order valence-electron chi connectivity index (χ1n) is 8.14. The summed E-state index contributed by atoms with van der Waals surface area (Å²) in [5.41, 5.74) is 0.476. The lowest BCUT2D eigenvalue weighted by Gasteiger charge is -2.10. The molecule has 0 radical (unpaired) electrons. The van der Waals surface area contributed by atoms with E-state index in [0.717, 1.165) is 0 Å². The molecule has 8 nitrogen and oxygen atoms in total. The van der Waals surface area contributed by atoms with Crippen molar-refractivity contribution in [2.24, 2.45) is 0 Å². The van der Waals surface area contributed by atoms with Gasteiger partial charge in [0.05, 0.1) is 18.0 Å². The fraction of sp³-hybridized carbons (Fsp3) is 0.222. The Balaban J connectivity index is 1.98. The van der Waals surface area contributed by atoms with E-state index in [1.807, 2.05) is 0 Å². The van der Waals surface area contributed by atoms with Gasteiger partial charge in [0.25, 0.3) is 15.9 Å². The van der Waals surface area contributed by atoms with Gasteiger partial charge in [-0.25, -0.2) is 8.42 Å². The number of methoxy groups -OCH3 is 1. The summed E-state index contributed by atoms with van der Waals surface area (Å²) in [7, 11) is -2.23. The molecule has 0 saturated carbocycles. The van der Waals surface area contributed by atoms with E-state index in [-0.39, 0.29) is 28.6 Å². The van der Waals surface area contributed by atoms with Crippen LogP contribution in [0.1, 0.15) is 10.4 Å². The molecule has 0 fully saturated rings. The van der Waals surface area contributed by atoms with E-state index in [1.54, 1.807) is 24.3 Å². The quantitative estimate of drug-likeness (QED) is 0.552. The third-order valence-corrected chi connectivity index (χ3v) is 4.87. The molecule has 0 saturated heterocycles. The van der Waals surface area contributed by atoms with Gasteiger partial charge in [-0.05, 0) is 30.3 Å². The van der Waals surface area contributed by atoms with Gasteiger partial charge >= 0.3 is 0 Å². The zero-order valence-corrected chi connectivity index (χ0v) is 15.6. The number of hydrogen-bond acceptors (Lipinski definition) is 5. The van der Waals surface area contributed by atoms with Crippen molar-refractivity contribution in [1.82, 2.24) is 10.6 Å². The summed E-state index contributed by atoms with van der Waals surface area (Å²) < 4.78 is 31.9. The number of carbonyl (C=O) groups excluding carboxylic acids is 2. The number of rotatable bonds is 9. The van der Waals surface area contributed by atoms with E-state index in [4.69, 9.17) is 4.74 Å². The second-order valence-electron chi connectivity index (χ2n) is 5.52. The second kappa shape index (κ2) is 9.70. The van der Waals surface area contributed by atoms with Crippen LogP contribution in [0.25, 0.3) is 0 Å². The molecule has 9 heteroatoms. The molecule has 2 rings (SSSR count). The fourth-order valence-corrected chi connectivity index (χ4v) is 3.23. The third kappa shape index (κ3) is 6.39. The van der Waals surface area contributed by atoms with Crippen molar-refractivity contribution in [3.63, 3.8) is 0 Å². The lowest BCUT2D eigenvalue weighted by Crippen LogP contribution is -2.38. The lowest BCUT2D eigenvalue weighted by molar-refractivity contribution is -0.120. The van der Waals surface area contributed by atoms with Gasteiger partial charge in [-0.2, -0.15) is 0 Å². The standard InChI is InChI=1S/C18H21N3O5S/c1-26-11-10-19-17(22)13-20-18(23)14-6-5-7-15(12-14)21-27(24,25)16-8-3-2-4-9-16/h2-9,12,21H,10-11,13H2,1H3,(H,19,22)(H,20,23). The predicted octanol–water partition coefficient (Wildman–Crippen LogP) is 0.980. The minimum Gasteiger partial charge on any atom is -0.383 e. The van der Waals surface area contributed by atoms with Gasteiger partial charge in [0.15, 0.2) is 0 Å². The summed E-state index contributed by atoms with van der Waals surface area (Å²) in [5.74, 6) is -0.834. The van der Waals surface area contributed by atoms with Crippen LogP contribution in [0, 0.1) is 0 Å². The van der Waals surface area contributed by atoms with Gasteiger partial charge in [-0.3, -0.25) is 14.3 Å². The van der Waals surface area contributed by atoms with E-state index in [0.29, 0.717) is 13.2 Å². The van der Waals surface area contributed by atoms with Gasteiger partial charge in [0.1, 0.15) is 0 Å². The highest BCUT2D eigenvalue weighted by Crippen LogP contribution is 2.17. The van der Waals surface area contributed by atoms with Gasteiger partial charge in [0, 0.05) is 24.9 Å². The molecule has 0 aliphatic heterocycles. The lowest BCUT2D eigenvalue weighted by atomic mass is 10.2. The molecule has 2 aromatic carbocycles. The van der Waals surface area contributed by atoms with Crippen LogP contribution in [0.4, 0.5) is 5.69 Å². The molecule has 0 atom stereocenters. The molecule has 0 aliphatic rings. The highest BCUT2D eigenvalue weighted by Gasteiger charge is 2.15. The monoisotopic (exact) mass is 391 g/mol. The number of amides is 2. The van der Waals surface area contributed by atoms with Gasteiger partial charge in [-0.1, -0.05) is 24.3 Å². The summed E-state index contributed by atoms with van der Waals surface area (Å²) in [6.07, 6.45) is 0. The molecule has 0 bridgehead atoms. The second-order valence-corrected chi connectivity index (χ2v) is 7.21. The van der Waals surface area contributed by atoms with E-state index in [9.17, 15) is 18.0 Å². The van der Waals surface area contributed by atoms with Crippen molar-refractivity contribution >= 4 is 27.5 Å². The van der Waals surface area contributed by atoms with Gasteiger partial charge in [-0.15, -0.1) is 0 Å². The Hall–Kier alpha value is -2.91. The minimum absolute atomic E-state index is 0.118. The SMILES string of the molecule is COCCNC(=O)CNC(=O)c1cccc(NS(=O)(=O)c2ccccc2)c1. The van der Waals surface area contributed by atoms with Crippen molar-refractivity contribution in [2.75, 3.05) is 31.5 Å². The molecule has 0 heterocycles. The maximum absolute atomic E-state index is 12.3. The Morgan fingerprint density at radius 3 is 2.44 bits per heavy atom. The average molecular weight is 391 g/mol. The molecule has 0 unspecified atom stereocenters. The van der Waals surface area contributed by atoms with Crippen molar-refractivity contribution < 1.29 is 22.7 Å². The van der Waals surface area contributed by atoms with Crippen LogP contribution in [-0.2, 0) is 19.6 Å². The van der Waals surface area contributed by atoms with Crippen LogP contribution < -0.4 is 15.4 Å². The van der Waals surface area contributed by atoms with Crippen molar-refractivity contribution in [3.05, 3.63) is 60.2 Å². The van der Waals surface area contributed by atoms with Crippen molar-refractivity contribution in [1.29, 1.82) is 0 Å². The molecule has 0 spiro atoms. The smallest absolute Gasteiger partial charge is 0.261 e. The summed E-state index contributed by atoms with van der Waals surface area (Å²) >= 11 is 0. The van der Waals surface area contributed by atoms with E-state index >= 15 is 0 Å². The summed E-state index contributed by atoms with van der Waals surface area (Å²) in [6.45, 7) is 0.535. The highest BCUT2D eigenvalue weighted by atomic mass is 32.2. The zero-order chi connectivity index (χ0) is 19.7. The largest absolute Gasteiger partial charge is 0.383 e. The van der Waals surface area contributed by atoms with Crippen LogP contribution in [0.3, 0.4) is 0 Å². The molecule has 3 N–H and O–H groups in total. The number of anilines is 1. The first-order chi connectivity index (χ1) is 12.9. The van der Waals surface area contributed by atoms with E-state index in [1.165, 1.54) is 37.4 Å². The average Bonchev–Trinajstić information content (AvgIpc) is 2.67. The Morgan fingerprint density at radius 1 is 1.00 bits per heavy atom. The summed E-state index contributed by atoms with van der Waals surface area (Å²) in [4.78, 5) is 23.9. The first-order valence-corrected chi connectivity index (χ1v) is 9.62. The Morgan fingerprint density at radius 2 is 1.74 bits per heavy atom. The number of hydrogen-bond donors (Lipinski definition) is 3. The molecule has 2 aromatic rings. The van der Waals surface area contributed by atoms with Crippen LogP contribution in [-0.4, -0.2) is 47.0 Å². The molecule has 2 amide bonds. The maximum Gasteiger partial charge on any atom is 0.261 e. The predicted molar refractivity (Wildman–Crippen MR) is 101 cm³/mol. The number of carbonyl (C=O) groups is 2. The molecule has 0 aliphatic carbocycles. The zero-order valence-electron chi connectivity index (χ0n) is 14.8. The van der Waals surface area contributed by atoms with Crippen LogP contribution in [0.5, 0.6) is 0 Å². The Kier molecular flexibility index (Phi) is 7.33. The van der Waals surface area contributed by atoms with Crippen LogP contribution in [0.15, 0.2) is 59.5 Å². The number of sulfonamides is 1. The van der Waals surface area contributed by atoms with Crippen LogP contribution >= 0.6 is 0 Å². The fourth-order valence-electron chi connectivity index (χ4n) is 2.16. The molecule has 27 heavy (non-hydrogen) atoms. The normalized spacial score (nSPS) is 10.9. The topological polar surface area (TPSA) is 114 Å². The third-order valence-electron chi connectivity index (χ3n) is 3.47. The minimum atomic E-state index is -3.75. The Labute approximate surface area is 158 Å². The first kappa shape index (κ1) is 20.4. The van der Waals surface area contributed by atoms with E-state index in [2.05, 4.69) is 15.4 Å². The van der Waals surface area contributed by atoms with E-state index < -0.39 is 15.9 Å². The molecular formula is C18H21N3O5S. The molecule has 0 aromatic heterocycles. The number of benzene rings is 2. The maximum atomic E-state index is 12.3. The van der Waals surface area contributed by atoms with Crippen molar-refractivity contribution in [3.8, 4) is 0 Å². The molecular weight excluding hydrogens is 370 g/mol. The molecule has 144 valence electrons. The van der Waals surface area contributed by atoms with Crippen LogP contribution in [0.2, 0.25) is 0 Å². The number of ether oxygens (including phenoxy) is 1. The highest BCUT2D eigenvalue weighted by molar-refractivity contribution is 7.92. The Bertz CT molecular complexity index is 885. The summed E-state index contributed by atoms with van der Waals surface area (Å²) in [6, 6.07) is 13.9. The van der Waals surface area contributed by atoms with Gasteiger partial charge in [0.2, 0.25) is 5.91 Å². The van der Waals surface area contributed by atoms with Crippen molar-refractivity contribution in [2.45, 2.75) is 4.90 Å².